The van der Waals surface area contributed by atoms with Crippen molar-refractivity contribution >= 4 is 12.0 Å². The maximum atomic E-state index is 11.5. The molecule has 16 heavy (non-hydrogen) atoms. The number of carbonyl (C=O) groups excluding carboxylic acids is 1. The molecule has 5 heteroatoms. The number of aliphatic carboxylic acids is 1. The molecule has 0 radical (unpaired) electrons. The predicted octanol–water partition coefficient (Wildman–Crippen LogP) is 1.34. The molecule has 1 aliphatic rings. The molecule has 0 heterocycles. The summed E-state index contributed by atoms with van der Waals surface area (Å²) >= 11 is 0. The Bertz CT molecular complexity index is 280. The molecule has 0 bridgehead atoms. The summed E-state index contributed by atoms with van der Waals surface area (Å²) < 4.78 is 0. The molecule has 1 rings (SSSR count). The molecule has 3 N–H and O–H groups in total. The Hall–Kier alpha value is -1.26. The first-order valence-electron chi connectivity index (χ1n) is 5.78. The Morgan fingerprint density at radius 2 is 2.19 bits per heavy atom. The lowest BCUT2D eigenvalue weighted by atomic mass is 9.85. The minimum absolute atomic E-state index is 0.262. The molecule has 5 nitrogen and oxygen atoms in total. The van der Waals surface area contributed by atoms with Gasteiger partial charge in [0.2, 0.25) is 0 Å². The molecular weight excluding hydrogens is 208 g/mol. The van der Waals surface area contributed by atoms with Crippen LogP contribution in [-0.2, 0) is 4.79 Å². The summed E-state index contributed by atoms with van der Waals surface area (Å²) in [5, 5.41) is 14.6. The van der Waals surface area contributed by atoms with E-state index in [0.29, 0.717) is 13.0 Å². The van der Waals surface area contributed by atoms with Gasteiger partial charge in [-0.2, -0.15) is 0 Å². The van der Waals surface area contributed by atoms with Gasteiger partial charge in [-0.15, -0.1) is 0 Å². The average molecular weight is 228 g/mol. The number of hydrogen-bond acceptors (Lipinski definition) is 2. The predicted molar refractivity (Wildman–Crippen MR) is 60.2 cm³/mol. The summed E-state index contributed by atoms with van der Waals surface area (Å²) in [4.78, 5) is 22.6. The number of rotatable bonds is 4. The summed E-state index contributed by atoms with van der Waals surface area (Å²) in [6.45, 7) is 4.28. The van der Waals surface area contributed by atoms with Crippen LogP contribution in [0.15, 0.2) is 0 Å². The molecule has 2 amide bonds. The molecule has 1 saturated carbocycles. The summed E-state index contributed by atoms with van der Waals surface area (Å²) in [5.74, 6) is -0.828. The quantitative estimate of drug-likeness (QED) is 0.679. The monoisotopic (exact) mass is 228 g/mol. The Kier molecular flexibility index (Phi) is 4.15. The van der Waals surface area contributed by atoms with Crippen molar-refractivity contribution < 1.29 is 14.7 Å². The van der Waals surface area contributed by atoms with E-state index in [-0.39, 0.29) is 12.1 Å². The number of amides is 2. The zero-order valence-electron chi connectivity index (χ0n) is 9.88. The Balaban J connectivity index is 2.53. The highest BCUT2D eigenvalue weighted by atomic mass is 16.4. The average Bonchev–Trinajstić information content (AvgIpc) is 2.59. The molecule has 0 aliphatic heterocycles. The number of nitrogens with one attached hydrogen (secondary N) is 2. The fourth-order valence-electron chi connectivity index (χ4n) is 2.10. The van der Waals surface area contributed by atoms with Crippen LogP contribution >= 0.6 is 0 Å². The van der Waals surface area contributed by atoms with E-state index < -0.39 is 11.4 Å². The van der Waals surface area contributed by atoms with E-state index in [0.717, 1.165) is 19.3 Å². The molecule has 2 unspecified atom stereocenters. The number of carbonyl (C=O) groups is 2. The van der Waals surface area contributed by atoms with Crippen molar-refractivity contribution in [3.05, 3.63) is 0 Å². The van der Waals surface area contributed by atoms with E-state index >= 15 is 0 Å². The Morgan fingerprint density at radius 1 is 1.50 bits per heavy atom. The second-order valence-electron chi connectivity index (χ2n) is 4.57. The number of urea groups is 1. The molecular formula is C11H20N2O3. The van der Waals surface area contributed by atoms with E-state index in [2.05, 4.69) is 10.6 Å². The third-order valence-electron chi connectivity index (χ3n) is 3.29. The minimum atomic E-state index is -0.828. The topological polar surface area (TPSA) is 78.4 Å². The van der Waals surface area contributed by atoms with Gasteiger partial charge in [0.15, 0.2) is 0 Å². The van der Waals surface area contributed by atoms with Gasteiger partial charge in [0, 0.05) is 12.6 Å². The molecule has 92 valence electrons. The molecule has 2 atom stereocenters. The van der Waals surface area contributed by atoms with E-state index in [1.54, 1.807) is 6.92 Å². The van der Waals surface area contributed by atoms with Gasteiger partial charge in [-0.25, -0.2) is 4.79 Å². The Labute approximate surface area is 95.6 Å². The highest BCUT2D eigenvalue weighted by Crippen LogP contribution is 2.38. The molecule has 0 spiro atoms. The smallest absolute Gasteiger partial charge is 0.315 e. The van der Waals surface area contributed by atoms with Crippen molar-refractivity contribution in [1.29, 1.82) is 0 Å². The molecule has 0 aromatic heterocycles. The van der Waals surface area contributed by atoms with Crippen molar-refractivity contribution in [2.45, 2.75) is 45.6 Å². The van der Waals surface area contributed by atoms with E-state index in [1.165, 1.54) is 0 Å². The second kappa shape index (κ2) is 5.18. The van der Waals surface area contributed by atoms with Crippen molar-refractivity contribution in [3.8, 4) is 0 Å². The fraction of sp³-hybridized carbons (Fsp3) is 0.818. The standard InChI is InChI=1S/C11H20N2O3/c1-3-7-12-10(16)13-8-5-4-6-11(8,2)9(14)15/h8H,3-7H2,1-2H3,(H,14,15)(H2,12,13,16). The maximum Gasteiger partial charge on any atom is 0.315 e. The summed E-state index contributed by atoms with van der Waals surface area (Å²) in [6.07, 6.45) is 3.08. The van der Waals surface area contributed by atoms with Gasteiger partial charge in [-0.1, -0.05) is 13.3 Å². The van der Waals surface area contributed by atoms with Crippen LogP contribution in [0.2, 0.25) is 0 Å². The van der Waals surface area contributed by atoms with Crippen LogP contribution in [0.1, 0.15) is 39.5 Å². The van der Waals surface area contributed by atoms with Crippen LogP contribution in [0.4, 0.5) is 4.79 Å². The summed E-state index contributed by atoms with van der Waals surface area (Å²) in [7, 11) is 0. The third-order valence-corrected chi connectivity index (χ3v) is 3.29. The third kappa shape index (κ3) is 2.65. The molecule has 0 aromatic carbocycles. The van der Waals surface area contributed by atoms with Gasteiger partial charge in [-0.05, 0) is 26.2 Å². The Morgan fingerprint density at radius 3 is 2.75 bits per heavy atom. The highest BCUT2D eigenvalue weighted by Gasteiger charge is 2.45. The first kappa shape index (κ1) is 12.8. The van der Waals surface area contributed by atoms with Gasteiger partial charge in [-0.3, -0.25) is 4.79 Å². The zero-order valence-corrected chi connectivity index (χ0v) is 9.88. The van der Waals surface area contributed by atoms with Crippen LogP contribution in [-0.4, -0.2) is 29.7 Å². The lowest BCUT2D eigenvalue weighted by molar-refractivity contribution is -0.148. The number of carboxylic acid groups (broad SMARTS) is 1. The van der Waals surface area contributed by atoms with Gasteiger partial charge < -0.3 is 15.7 Å². The van der Waals surface area contributed by atoms with Crippen LogP contribution in [0.3, 0.4) is 0 Å². The van der Waals surface area contributed by atoms with Crippen LogP contribution < -0.4 is 10.6 Å². The normalized spacial score (nSPS) is 28.8. The first-order valence-corrected chi connectivity index (χ1v) is 5.78. The van der Waals surface area contributed by atoms with Gasteiger partial charge in [0.1, 0.15) is 0 Å². The van der Waals surface area contributed by atoms with Crippen molar-refractivity contribution in [2.24, 2.45) is 5.41 Å². The number of carboxylic acids is 1. The van der Waals surface area contributed by atoms with Crippen molar-refractivity contribution in [1.82, 2.24) is 10.6 Å². The zero-order chi connectivity index (χ0) is 12.2. The van der Waals surface area contributed by atoms with Crippen LogP contribution in [0, 0.1) is 5.41 Å². The fourth-order valence-corrected chi connectivity index (χ4v) is 2.10. The van der Waals surface area contributed by atoms with Crippen LogP contribution in [0.5, 0.6) is 0 Å². The summed E-state index contributed by atoms with van der Waals surface area (Å²) in [5.41, 5.74) is -0.816. The highest BCUT2D eigenvalue weighted by molar-refractivity contribution is 5.79. The van der Waals surface area contributed by atoms with E-state index in [9.17, 15) is 9.59 Å². The second-order valence-corrected chi connectivity index (χ2v) is 4.57. The molecule has 1 fully saturated rings. The van der Waals surface area contributed by atoms with Gasteiger partial charge in [0.05, 0.1) is 5.41 Å². The van der Waals surface area contributed by atoms with Crippen molar-refractivity contribution in [2.75, 3.05) is 6.54 Å². The van der Waals surface area contributed by atoms with Crippen LogP contribution in [0.25, 0.3) is 0 Å². The lowest BCUT2D eigenvalue weighted by Crippen LogP contribution is -2.50. The summed E-state index contributed by atoms with van der Waals surface area (Å²) in [6, 6.07) is -0.525. The van der Waals surface area contributed by atoms with Gasteiger partial charge >= 0.3 is 12.0 Å². The molecule has 0 aromatic rings. The van der Waals surface area contributed by atoms with E-state index in [4.69, 9.17) is 5.11 Å². The van der Waals surface area contributed by atoms with Crippen molar-refractivity contribution in [3.63, 3.8) is 0 Å². The lowest BCUT2D eigenvalue weighted by Gasteiger charge is -2.27. The number of hydrogen-bond donors (Lipinski definition) is 3. The largest absolute Gasteiger partial charge is 0.481 e. The SMILES string of the molecule is CCCNC(=O)NC1CCCC1(C)C(=O)O. The van der Waals surface area contributed by atoms with Gasteiger partial charge in [0.25, 0.3) is 0 Å². The molecule has 1 aliphatic carbocycles. The maximum absolute atomic E-state index is 11.5. The van der Waals surface area contributed by atoms with E-state index in [1.807, 2.05) is 6.92 Å². The first-order chi connectivity index (χ1) is 7.50. The minimum Gasteiger partial charge on any atom is -0.481 e. The molecule has 0 saturated heterocycles.